The number of nitrogens with zero attached hydrogens (tertiary/aromatic N) is 2. The molecule has 0 unspecified atom stereocenters. The van der Waals surface area contributed by atoms with E-state index in [-0.39, 0.29) is 29.6 Å². The van der Waals surface area contributed by atoms with E-state index in [1.165, 1.54) is 34.1 Å². The standard InChI is InChI=1S/C26H22F5N3O3/c1-16-3-10-23(22(13-16)32-24(35)20-9-6-18(27)14-21(20)28)34-12-2-11-33(25(34)36)15-17-4-7-19(8-5-17)37-26(29,30)31/h3-10,13-14H,2,11-12,15H2,1H3,(H,32,35). The molecule has 11 heteroatoms. The minimum Gasteiger partial charge on any atom is -0.406 e. The van der Waals surface area contributed by atoms with Crippen LogP contribution in [0.1, 0.15) is 27.9 Å². The molecule has 3 amide bonds. The smallest absolute Gasteiger partial charge is 0.406 e. The first-order valence-corrected chi connectivity index (χ1v) is 11.3. The highest BCUT2D eigenvalue weighted by molar-refractivity contribution is 6.07. The van der Waals surface area contributed by atoms with Gasteiger partial charge in [0.25, 0.3) is 5.91 Å². The van der Waals surface area contributed by atoms with Crippen molar-refractivity contribution in [2.24, 2.45) is 0 Å². The Bertz CT molecular complexity index is 1310. The van der Waals surface area contributed by atoms with Gasteiger partial charge in [0.2, 0.25) is 0 Å². The molecule has 194 valence electrons. The Labute approximate surface area is 209 Å². The molecule has 3 aromatic rings. The fourth-order valence-corrected chi connectivity index (χ4v) is 4.02. The summed E-state index contributed by atoms with van der Waals surface area (Å²) in [5, 5.41) is 2.62. The molecule has 0 saturated carbocycles. The number of carbonyl (C=O) groups excluding carboxylic acids is 2. The average molecular weight is 519 g/mol. The van der Waals surface area contributed by atoms with Gasteiger partial charge >= 0.3 is 12.4 Å². The van der Waals surface area contributed by atoms with Crippen LogP contribution < -0.4 is 15.0 Å². The predicted molar refractivity (Wildman–Crippen MR) is 126 cm³/mol. The number of alkyl halides is 3. The molecule has 37 heavy (non-hydrogen) atoms. The SMILES string of the molecule is Cc1ccc(N2CCCN(Cc3ccc(OC(F)(F)F)cc3)C2=O)c(NC(=O)c2ccc(F)cc2F)c1. The highest BCUT2D eigenvalue weighted by atomic mass is 19.4. The van der Waals surface area contributed by atoms with Crippen molar-refractivity contribution < 1.29 is 36.3 Å². The van der Waals surface area contributed by atoms with Gasteiger partial charge in [-0.1, -0.05) is 18.2 Å². The monoisotopic (exact) mass is 519 g/mol. The van der Waals surface area contributed by atoms with Crippen molar-refractivity contribution in [1.29, 1.82) is 0 Å². The number of urea groups is 1. The molecule has 0 aromatic heterocycles. The zero-order valence-electron chi connectivity index (χ0n) is 19.6. The van der Waals surface area contributed by atoms with Crippen molar-refractivity contribution in [2.45, 2.75) is 26.3 Å². The molecule has 0 spiro atoms. The van der Waals surface area contributed by atoms with Crippen LogP contribution in [0.5, 0.6) is 5.75 Å². The van der Waals surface area contributed by atoms with E-state index in [2.05, 4.69) is 10.1 Å². The number of benzene rings is 3. The van der Waals surface area contributed by atoms with Crippen LogP contribution in [0.25, 0.3) is 0 Å². The number of anilines is 2. The van der Waals surface area contributed by atoms with Crippen LogP contribution in [-0.2, 0) is 6.54 Å². The second-order valence-electron chi connectivity index (χ2n) is 8.50. The van der Waals surface area contributed by atoms with Gasteiger partial charge in [-0.3, -0.25) is 9.69 Å². The summed E-state index contributed by atoms with van der Waals surface area (Å²) < 4.78 is 68.4. The van der Waals surface area contributed by atoms with Crippen LogP contribution in [0.4, 0.5) is 38.1 Å². The Morgan fingerprint density at radius 3 is 2.41 bits per heavy atom. The van der Waals surface area contributed by atoms with E-state index in [9.17, 15) is 31.5 Å². The lowest BCUT2D eigenvalue weighted by molar-refractivity contribution is -0.274. The molecular formula is C26H22F5N3O3. The number of hydrogen-bond acceptors (Lipinski definition) is 3. The molecule has 1 aliphatic rings. The minimum absolute atomic E-state index is 0.149. The lowest BCUT2D eigenvalue weighted by Crippen LogP contribution is -2.49. The molecule has 1 aliphatic heterocycles. The summed E-state index contributed by atoms with van der Waals surface area (Å²) in [5.41, 5.74) is 1.70. The zero-order chi connectivity index (χ0) is 26.7. The normalized spacial score (nSPS) is 14.1. The van der Waals surface area contributed by atoms with Gasteiger partial charge in [0.15, 0.2) is 0 Å². The summed E-state index contributed by atoms with van der Waals surface area (Å²) in [6.45, 7) is 2.71. The van der Waals surface area contributed by atoms with Crippen molar-refractivity contribution in [1.82, 2.24) is 4.90 Å². The topological polar surface area (TPSA) is 61.9 Å². The highest BCUT2D eigenvalue weighted by Gasteiger charge is 2.31. The summed E-state index contributed by atoms with van der Waals surface area (Å²) in [6.07, 6.45) is -4.21. The molecule has 0 radical (unpaired) electrons. The minimum atomic E-state index is -4.80. The Morgan fingerprint density at radius 1 is 1.00 bits per heavy atom. The quantitative estimate of drug-likeness (QED) is 0.392. The Balaban J connectivity index is 1.52. The second kappa shape index (κ2) is 10.5. The number of amides is 3. The number of rotatable bonds is 6. The van der Waals surface area contributed by atoms with Crippen molar-refractivity contribution >= 4 is 23.3 Å². The molecule has 0 atom stereocenters. The van der Waals surface area contributed by atoms with Crippen LogP contribution in [0, 0.1) is 18.6 Å². The fourth-order valence-electron chi connectivity index (χ4n) is 4.02. The van der Waals surface area contributed by atoms with Gasteiger partial charge in [0.05, 0.1) is 16.9 Å². The number of nitrogens with one attached hydrogen (secondary N) is 1. The van der Waals surface area contributed by atoms with Gasteiger partial charge in [-0.25, -0.2) is 13.6 Å². The van der Waals surface area contributed by atoms with Gasteiger partial charge in [-0.05, 0) is 60.9 Å². The lowest BCUT2D eigenvalue weighted by atomic mass is 10.1. The molecule has 4 rings (SSSR count). The van der Waals surface area contributed by atoms with Crippen LogP contribution in [0.3, 0.4) is 0 Å². The van der Waals surface area contributed by atoms with Gasteiger partial charge in [0, 0.05) is 25.7 Å². The molecule has 0 aliphatic carbocycles. The molecular weight excluding hydrogens is 497 g/mol. The van der Waals surface area contributed by atoms with Crippen LogP contribution in [0.2, 0.25) is 0 Å². The predicted octanol–water partition coefficient (Wildman–Crippen LogP) is 6.26. The van der Waals surface area contributed by atoms with E-state index < -0.39 is 23.9 Å². The Kier molecular flexibility index (Phi) is 7.33. The van der Waals surface area contributed by atoms with Gasteiger partial charge in [-0.15, -0.1) is 13.2 Å². The third-order valence-corrected chi connectivity index (χ3v) is 5.71. The summed E-state index contributed by atoms with van der Waals surface area (Å²) in [4.78, 5) is 29.1. The van der Waals surface area contributed by atoms with E-state index in [1.54, 1.807) is 25.1 Å². The average Bonchev–Trinajstić information content (AvgIpc) is 2.81. The van der Waals surface area contributed by atoms with Crippen LogP contribution >= 0.6 is 0 Å². The van der Waals surface area contributed by atoms with Crippen molar-refractivity contribution in [3.8, 4) is 5.75 Å². The number of ether oxygens (including phenoxy) is 1. The van der Waals surface area contributed by atoms with E-state index in [0.29, 0.717) is 36.8 Å². The molecule has 0 bridgehead atoms. The number of aryl methyl sites for hydroxylation is 1. The van der Waals surface area contributed by atoms with Gasteiger partial charge < -0.3 is 15.0 Å². The maximum Gasteiger partial charge on any atom is 0.573 e. The van der Waals surface area contributed by atoms with Crippen LogP contribution in [0.15, 0.2) is 60.7 Å². The second-order valence-corrected chi connectivity index (χ2v) is 8.50. The Hall–Kier alpha value is -4.15. The van der Waals surface area contributed by atoms with Gasteiger partial charge in [0.1, 0.15) is 17.4 Å². The maximum absolute atomic E-state index is 14.1. The summed E-state index contributed by atoms with van der Waals surface area (Å²) in [6, 6.07) is 12.6. The summed E-state index contributed by atoms with van der Waals surface area (Å²) in [5.74, 6) is -2.99. The molecule has 1 saturated heterocycles. The van der Waals surface area contributed by atoms with E-state index >= 15 is 0 Å². The van der Waals surface area contributed by atoms with Crippen molar-refractivity contribution in [3.63, 3.8) is 0 Å². The van der Waals surface area contributed by atoms with E-state index in [4.69, 9.17) is 0 Å². The summed E-state index contributed by atoms with van der Waals surface area (Å²) >= 11 is 0. The molecule has 6 nitrogen and oxygen atoms in total. The molecule has 1 fully saturated rings. The van der Waals surface area contributed by atoms with Crippen LogP contribution in [-0.4, -0.2) is 36.3 Å². The maximum atomic E-state index is 14.1. The third kappa shape index (κ3) is 6.35. The van der Waals surface area contributed by atoms with Crippen molar-refractivity contribution in [2.75, 3.05) is 23.3 Å². The Morgan fingerprint density at radius 2 is 1.73 bits per heavy atom. The number of carbonyl (C=O) groups is 2. The van der Waals surface area contributed by atoms with Gasteiger partial charge in [-0.2, -0.15) is 0 Å². The fraction of sp³-hybridized carbons (Fsp3) is 0.231. The summed E-state index contributed by atoms with van der Waals surface area (Å²) in [7, 11) is 0. The lowest BCUT2D eigenvalue weighted by Gasteiger charge is -2.36. The first-order valence-electron chi connectivity index (χ1n) is 11.3. The molecule has 3 aromatic carbocycles. The van der Waals surface area contributed by atoms with Crippen molar-refractivity contribution in [3.05, 3.63) is 89.0 Å². The number of hydrogen-bond donors (Lipinski definition) is 1. The third-order valence-electron chi connectivity index (χ3n) is 5.71. The molecule has 1 heterocycles. The van der Waals surface area contributed by atoms with E-state index in [1.807, 2.05) is 0 Å². The molecule has 1 N–H and O–H groups in total. The van der Waals surface area contributed by atoms with E-state index in [0.717, 1.165) is 17.7 Å². The zero-order valence-corrected chi connectivity index (χ0v) is 19.6. The highest BCUT2D eigenvalue weighted by Crippen LogP contribution is 2.31. The largest absolute Gasteiger partial charge is 0.573 e. The number of halogens is 5. The first kappa shape index (κ1) is 25.9. The first-order chi connectivity index (χ1) is 17.5.